The van der Waals surface area contributed by atoms with E-state index in [0.717, 1.165) is 17.5 Å². The van der Waals surface area contributed by atoms with Gasteiger partial charge < -0.3 is 5.11 Å². The van der Waals surface area contributed by atoms with E-state index in [-0.39, 0.29) is 6.04 Å². The molecule has 1 N–H and O–H groups in total. The lowest BCUT2D eigenvalue weighted by atomic mass is 9.49. The number of hydrogen-bond donors (Lipinski definition) is 1. The van der Waals surface area contributed by atoms with Gasteiger partial charge in [0.25, 0.3) is 0 Å². The molecule has 110 valence electrons. The van der Waals surface area contributed by atoms with Crippen molar-refractivity contribution >= 4 is 11.6 Å². The molecule has 0 spiro atoms. The van der Waals surface area contributed by atoms with E-state index in [9.17, 15) is 5.11 Å². The van der Waals surface area contributed by atoms with Crippen LogP contribution in [0.25, 0.3) is 0 Å². The Kier molecular flexibility index (Phi) is 2.78. The van der Waals surface area contributed by atoms with Gasteiger partial charge in [-0.1, -0.05) is 11.6 Å². The monoisotopic (exact) mass is 294 g/mol. The summed E-state index contributed by atoms with van der Waals surface area (Å²) < 4.78 is 1.95. The van der Waals surface area contributed by atoms with E-state index < -0.39 is 5.60 Å². The van der Waals surface area contributed by atoms with E-state index in [2.05, 4.69) is 18.9 Å². The third kappa shape index (κ3) is 1.59. The first-order valence-corrected chi connectivity index (χ1v) is 8.33. The minimum atomic E-state index is -0.745. The van der Waals surface area contributed by atoms with Crippen LogP contribution in [0.1, 0.15) is 57.7 Å². The van der Waals surface area contributed by atoms with Crippen LogP contribution in [0.5, 0.6) is 0 Å². The molecule has 4 fully saturated rings. The zero-order valence-electron chi connectivity index (χ0n) is 12.2. The Hall–Kier alpha value is -0.540. The fourth-order valence-corrected chi connectivity index (χ4v) is 5.68. The maximum absolute atomic E-state index is 11.6. The molecule has 0 radical (unpaired) electrons. The standard InChI is InChI=1S/C16H23ClN2O/c1-9(2)19-15(14(17)8-18-19)16(20)12-4-10-3-11(6-12)7-13(16)5-10/h8-13,20H,3-7H2,1-2H3. The molecular weight excluding hydrogens is 272 g/mol. The van der Waals surface area contributed by atoms with E-state index >= 15 is 0 Å². The summed E-state index contributed by atoms with van der Waals surface area (Å²) in [4.78, 5) is 0. The van der Waals surface area contributed by atoms with Crippen LogP contribution in [0.4, 0.5) is 0 Å². The lowest BCUT2D eigenvalue weighted by Crippen LogP contribution is -2.56. The van der Waals surface area contributed by atoms with Crippen molar-refractivity contribution < 1.29 is 5.11 Å². The summed E-state index contributed by atoms with van der Waals surface area (Å²) in [7, 11) is 0. The van der Waals surface area contributed by atoms with Crippen molar-refractivity contribution in [2.75, 3.05) is 0 Å². The molecule has 4 aliphatic carbocycles. The average molecular weight is 295 g/mol. The molecule has 3 nitrogen and oxygen atoms in total. The summed E-state index contributed by atoms with van der Waals surface area (Å²) >= 11 is 6.43. The van der Waals surface area contributed by atoms with Crippen LogP contribution in [0.2, 0.25) is 5.02 Å². The Morgan fingerprint density at radius 1 is 1.20 bits per heavy atom. The lowest BCUT2D eigenvalue weighted by molar-refractivity contribution is -0.183. The van der Waals surface area contributed by atoms with Crippen molar-refractivity contribution in [3.8, 4) is 0 Å². The Morgan fingerprint density at radius 3 is 2.25 bits per heavy atom. The first-order chi connectivity index (χ1) is 9.50. The Balaban J connectivity index is 1.83. The SMILES string of the molecule is CC(C)n1ncc(Cl)c1C1(O)C2CC3CC(C2)CC1C3. The van der Waals surface area contributed by atoms with Gasteiger partial charge >= 0.3 is 0 Å². The summed E-state index contributed by atoms with van der Waals surface area (Å²) in [6, 6.07) is 0.235. The zero-order chi connectivity index (χ0) is 14.1. The number of aromatic nitrogens is 2. The van der Waals surface area contributed by atoms with E-state index in [1.165, 1.54) is 32.1 Å². The van der Waals surface area contributed by atoms with Gasteiger partial charge in [0.15, 0.2) is 0 Å². The third-order valence-corrected chi connectivity index (χ3v) is 6.28. The van der Waals surface area contributed by atoms with Crippen LogP contribution >= 0.6 is 11.6 Å². The van der Waals surface area contributed by atoms with Gasteiger partial charge in [-0.2, -0.15) is 5.10 Å². The van der Waals surface area contributed by atoms with Gasteiger partial charge in [-0.25, -0.2) is 0 Å². The highest BCUT2D eigenvalue weighted by Crippen LogP contribution is 2.62. The summed E-state index contributed by atoms with van der Waals surface area (Å²) in [5.74, 6) is 2.44. The summed E-state index contributed by atoms with van der Waals surface area (Å²) in [5, 5.41) is 16.7. The second-order valence-corrected chi connectivity index (χ2v) is 7.92. The van der Waals surface area contributed by atoms with E-state index in [1.54, 1.807) is 6.20 Å². The lowest BCUT2D eigenvalue weighted by Gasteiger charge is -2.59. The molecule has 4 heteroatoms. The third-order valence-electron chi connectivity index (χ3n) is 6.00. The Morgan fingerprint density at radius 2 is 1.75 bits per heavy atom. The molecule has 5 rings (SSSR count). The van der Waals surface area contributed by atoms with Crippen molar-refractivity contribution in [3.63, 3.8) is 0 Å². The van der Waals surface area contributed by atoms with Gasteiger partial charge in [0.05, 0.1) is 16.9 Å². The molecule has 4 bridgehead atoms. The quantitative estimate of drug-likeness (QED) is 0.902. The molecule has 0 atom stereocenters. The van der Waals surface area contributed by atoms with Crippen molar-refractivity contribution in [1.29, 1.82) is 0 Å². The van der Waals surface area contributed by atoms with Gasteiger partial charge in [-0.3, -0.25) is 4.68 Å². The molecule has 0 aromatic carbocycles. The predicted octanol–water partition coefficient (Wildman–Crippen LogP) is 3.76. The van der Waals surface area contributed by atoms with Crippen molar-refractivity contribution in [2.45, 2.75) is 57.6 Å². The minimum Gasteiger partial charge on any atom is -0.383 e. The number of aliphatic hydroxyl groups is 1. The number of halogens is 1. The first-order valence-electron chi connectivity index (χ1n) is 7.96. The van der Waals surface area contributed by atoms with Crippen LogP contribution < -0.4 is 0 Å². The summed E-state index contributed by atoms with van der Waals surface area (Å²) in [5.41, 5.74) is 0.147. The molecular formula is C16H23ClN2O. The first kappa shape index (κ1) is 13.1. The van der Waals surface area contributed by atoms with E-state index in [0.29, 0.717) is 16.9 Å². The van der Waals surface area contributed by atoms with E-state index in [4.69, 9.17) is 11.6 Å². The zero-order valence-corrected chi connectivity index (χ0v) is 13.0. The highest BCUT2D eigenvalue weighted by Gasteiger charge is 2.59. The minimum absolute atomic E-state index is 0.235. The number of rotatable bonds is 2. The molecule has 0 amide bonds. The summed E-state index contributed by atoms with van der Waals surface area (Å²) in [6.45, 7) is 4.21. The fourth-order valence-electron chi connectivity index (χ4n) is 5.40. The topological polar surface area (TPSA) is 38.0 Å². The molecule has 1 aromatic heterocycles. The molecule has 4 aliphatic rings. The van der Waals surface area contributed by atoms with Gasteiger partial charge in [0, 0.05) is 6.04 Å². The molecule has 0 aliphatic heterocycles. The smallest absolute Gasteiger partial charge is 0.113 e. The second-order valence-electron chi connectivity index (χ2n) is 7.51. The summed E-state index contributed by atoms with van der Waals surface area (Å²) in [6.07, 6.45) is 7.78. The highest BCUT2D eigenvalue weighted by molar-refractivity contribution is 6.31. The molecule has 0 saturated heterocycles. The van der Waals surface area contributed by atoms with Crippen LogP contribution in [-0.4, -0.2) is 14.9 Å². The number of nitrogens with zero attached hydrogens (tertiary/aromatic N) is 2. The molecule has 1 heterocycles. The molecule has 1 aromatic rings. The molecule has 20 heavy (non-hydrogen) atoms. The average Bonchev–Trinajstić information content (AvgIpc) is 2.77. The van der Waals surface area contributed by atoms with Gasteiger partial charge in [-0.15, -0.1) is 0 Å². The highest BCUT2D eigenvalue weighted by atomic mass is 35.5. The number of hydrogen-bond acceptors (Lipinski definition) is 2. The van der Waals surface area contributed by atoms with Gasteiger partial charge in [-0.05, 0) is 69.6 Å². The molecule has 0 unspecified atom stereocenters. The predicted molar refractivity (Wildman–Crippen MR) is 78.6 cm³/mol. The van der Waals surface area contributed by atoms with Gasteiger partial charge in [0.1, 0.15) is 5.60 Å². The fraction of sp³-hybridized carbons (Fsp3) is 0.812. The second kappa shape index (κ2) is 4.23. The normalized spacial score (nSPS) is 42.6. The van der Waals surface area contributed by atoms with Crippen LogP contribution in [0, 0.1) is 23.7 Å². The van der Waals surface area contributed by atoms with Crippen LogP contribution in [0.15, 0.2) is 6.20 Å². The van der Waals surface area contributed by atoms with Crippen LogP contribution in [0.3, 0.4) is 0 Å². The van der Waals surface area contributed by atoms with E-state index in [1.807, 2.05) is 4.68 Å². The van der Waals surface area contributed by atoms with Crippen molar-refractivity contribution in [1.82, 2.24) is 9.78 Å². The van der Waals surface area contributed by atoms with Crippen molar-refractivity contribution in [3.05, 3.63) is 16.9 Å². The van der Waals surface area contributed by atoms with Gasteiger partial charge in [0.2, 0.25) is 0 Å². The maximum atomic E-state index is 11.6. The molecule has 4 saturated carbocycles. The Labute approximate surface area is 125 Å². The largest absolute Gasteiger partial charge is 0.383 e. The van der Waals surface area contributed by atoms with Crippen molar-refractivity contribution in [2.24, 2.45) is 23.7 Å². The maximum Gasteiger partial charge on any atom is 0.113 e. The van der Waals surface area contributed by atoms with Crippen LogP contribution in [-0.2, 0) is 5.60 Å². The Bertz CT molecular complexity index is 509.